The molecule has 0 aromatic carbocycles. The lowest BCUT2D eigenvalue weighted by molar-refractivity contribution is 0.241. The van der Waals surface area contributed by atoms with Crippen molar-refractivity contribution in [2.24, 2.45) is 5.92 Å². The van der Waals surface area contributed by atoms with Crippen molar-refractivity contribution >= 4 is 0 Å². The molecular formula is C49H100O. The summed E-state index contributed by atoms with van der Waals surface area (Å²) in [5.74, 6) is 0.778. The van der Waals surface area contributed by atoms with Crippen molar-refractivity contribution in [3.63, 3.8) is 0 Å². The normalized spacial score (nSPS) is 12.3. The first-order valence-corrected chi connectivity index (χ1v) is 24.5. The summed E-state index contributed by atoms with van der Waals surface area (Å²) in [5.41, 5.74) is 0. The molecule has 0 aliphatic rings. The molecule has 0 heterocycles. The van der Waals surface area contributed by atoms with E-state index in [1.807, 2.05) is 0 Å². The van der Waals surface area contributed by atoms with Crippen molar-refractivity contribution in [3.05, 3.63) is 0 Å². The Morgan fingerprint density at radius 3 is 0.540 bits per heavy atom. The molecule has 0 aliphatic carbocycles. The molecule has 0 saturated carbocycles. The van der Waals surface area contributed by atoms with Gasteiger partial charge in [-0.3, -0.25) is 0 Å². The summed E-state index contributed by atoms with van der Waals surface area (Å²) >= 11 is 0. The summed E-state index contributed by atoms with van der Waals surface area (Å²) in [6.45, 7) is 5.01. The molecule has 0 aromatic rings. The first-order valence-electron chi connectivity index (χ1n) is 24.5. The molecule has 0 amide bonds. The van der Waals surface area contributed by atoms with Crippen LogP contribution in [0.4, 0.5) is 0 Å². The molecule has 0 spiro atoms. The van der Waals surface area contributed by atoms with Crippen LogP contribution in [0.2, 0.25) is 0 Å². The fraction of sp³-hybridized carbons (Fsp3) is 1.00. The lowest BCUT2D eigenvalue weighted by atomic mass is 9.91. The summed E-state index contributed by atoms with van der Waals surface area (Å²) in [5, 5.41) is 9.58. The predicted octanol–water partition coefficient (Wildman–Crippen LogP) is 18.2. The Morgan fingerprint density at radius 2 is 0.380 bits per heavy atom. The Kier molecular flexibility index (Phi) is 46.9. The van der Waals surface area contributed by atoms with E-state index in [9.17, 15) is 5.11 Å². The molecule has 1 nitrogen and oxygen atoms in total. The van der Waals surface area contributed by atoms with E-state index in [1.54, 1.807) is 0 Å². The number of aliphatic hydroxyl groups excluding tert-OH is 1. The van der Waals surface area contributed by atoms with Gasteiger partial charge < -0.3 is 5.11 Å². The SMILES string of the molecule is CCCCCCCCCCCCCCCCCCCCCCCCC(CCO)CCCCCCCCCCCCCCCCCCCCCC. The number of aliphatic hydroxyl groups is 1. The molecule has 302 valence electrons. The second-order valence-corrected chi connectivity index (χ2v) is 17.1. The fourth-order valence-electron chi connectivity index (χ4n) is 8.35. The number of unbranched alkanes of at least 4 members (excludes halogenated alkanes) is 40. The van der Waals surface area contributed by atoms with Crippen LogP contribution in [-0.4, -0.2) is 11.7 Å². The number of rotatable bonds is 46. The molecule has 1 N–H and O–H groups in total. The molecule has 0 aromatic heterocycles. The maximum atomic E-state index is 9.58. The average Bonchev–Trinajstić information content (AvgIpc) is 3.12. The van der Waals surface area contributed by atoms with Gasteiger partial charge in [-0.2, -0.15) is 0 Å². The lowest BCUT2D eigenvalue weighted by Crippen LogP contribution is -2.03. The highest BCUT2D eigenvalue weighted by Gasteiger charge is 2.08. The quantitative estimate of drug-likeness (QED) is 0.0625. The maximum Gasteiger partial charge on any atom is 0.0433 e. The monoisotopic (exact) mass is 705 g/mol. The first kappa shape index (κ1) is 50.0. The molecule has 0 radical (unpaired) electrons. The van der Waals surface area contributed by atoms with Gasteiger partial charge in [0.05, 0.1) is 0 Å². The van der Waals surface area contributed by atoms with E-state index in [4.69, 9.17) is 0 Å². The van der Waals surface area contributed by atoms with Gasteiger partial charge in [0.15, 0.2) is 0 Å². The molecule has 1 unspecified atom stereocenters. The Hall–Kier alpha value is -0.0400. The van der Waals surface area contributed by atoms with Crippen LogP contribution in [0.1, 0.15) is 303 Å². The van der Waals surface area contributed by atoms with Crippen LogP contribution < -0.4 is 0 Å². The molecular weight excluding hydrogens is 605 g/mol. The summed E-state index contributed by atoms with van der Waals surface area (Å²) in [7, 11) is 0. The van der Waals surface area contributed by atoms with Gasteiger partial charge in [0.2, 0.25) is 0 Å². The molecule has 1 heteroatoms. The van der Waals surface area contributed by atoms with Crippen molar-refractivity contribution in [2.75, 3.05) is 6.61 Å². The zero-order valence-electron chi connectivity index (χ0n) is 35.6. The largest absolute Gasteiger partial charge is 0.396 e. The molecule has 0 fully saturated rings. The summed E-state index contributed by atoms with van der Waals surface area (Å²) in [6.07, 6.45) is 65.0. The van der Waals surface area contributed by atoms with Gasteiger partial charge in [0, 0.05) is 6.61 Å². The van der Waals surface area contributed by atoms with E-state index in [2.05, 4.69) is 13.8 Å². The third kappa shape index (κ3) is 44.1. The highest BCUT2D eigenvalue weighted by Crippen LogP contribution is 2.23. The van der Waals surface area contributed by atoms with Crippen LogP contribution >= 0.6 is 0 Å². The zero-order valence-corrected chi connectivity index (χ0v) is 35.6. The number of hydrogen-bond acceptors (Lipinski definition) is 1. The van der Waals surface area contributed by atoms with Crippen LogP contribution in [0, 0.1) is 5.92 Å². The second-order valence-electron chi connectivity index (χ2n) is 17.1. The van der Waals surface area contributed by atoms with E-state index in [-0.39, 0.29) is 0 Å². The third-order valence-corrected chi connectivity index (χ3v) is 12.0. The van der Waals surface area contributed by atoms with E-state index >= 15 is 0 Å². The van der Waals surface area contributed by atoms with E-state index < -0.39 is 0 Å². The molecule has 50 heavy (non-hydrogen) atoms. The summed E-state index contributed by atoms with van der Waals surface area (Å²) < 4.78 is 0. The smallest absolute Gasteiger partial charge is 0.0433 e. The summed E-state index contributed by atoms with van der Waals surface area (Å²) in [4.78, 5) is 0. The third-order valence-electron chi connectivity index (χ3n) is 12.0. The zero-order chi connectivity index (χ0) is 36.1. The average molecular weight is 705 g/mol. The highest BCUT2D eigenvalue weighted by molar-refractivity contribution is 4.61. The maximum absolute atomic E-state index is 9.58. The Balaban J connectivity index is 3.32. The topological polar surface area (TPSA) is 20.2 Å². The van der Waals surface area contributed by atoms with Gasteiger partial charge >= 0.3 is 0 Å². The van der Waals surface area contributed by atoms with E-state index in [0.717, 1.165) is 12.3 Å². The second kappa shape index (κ2) is 47.0. The molecule has 0 saturated heterocycles. The minimum Gasteiger partial charge on any atom is -0.396 e. The molecule has 0 aliphatic heterocycles. The van der Waals surface area contributed by atoms with Crippen LogP contribution in [0.3, 0.4) is 0 Å². The van der Waals surface area contributed by atoms with Gasteiger partial charge in [0.1, 0.15) is 0 Å². The minimum atomic E-state index is 0.392. The molecule has 0 bridgehead atoms. The van der Waals surface area contributed by atoms with Crippen LogP contribution in [-0.2, 0) is 0 Å². The Morgan fingerprint density at radius 1 is 0.220 bits per heavy atom. The van der Waals surface area contributed by atoms with Gasteiger partial charge in [0.25, 0.3) is 0 Å². The van der Waals surface area contributed by atoms with Crippen LogP contribution in [0.25, 0.3) is 0 Å². The highest BCUT2D eigenvalue weighted by atomic mass is 16.3. The van der Waals surface area contributed by atoms with Crippen LogP contribution in [0.5, 0.6) is 0 Å². The standard InChI is InChI=1S/C49H100O/c1-3-5-7-9-11-13-15-17-19-21-23-25-26-28-30-32-34-36-38-40-42-44-46-49(47-48-50)45-43-41-39-37-35-33-31-29-27-24-22-20-18-16-14-12-10-8-6-4-2/h49-50H,3-48H2,1-2H3. The van der Waals surface area contributed by atoms with Crippen molar-refractivity contribution in [3.8, 4) is 0 Å². The number of hydrogen-bond donors (Lipinski definition) is 1. The Labute approximate surface area is 319 Å². The van der Waals surface area contributed by atoms with Crippen molar-refractivity contribution in [1.29, 1.82) is 0 Å². The first-order chi connectivity index (χ1) is 24.8. The van der Waals surface area contributed by atoms with E-state index in [1.165, 1.54) is 283 Å². The van der Waals surface area contributed by atoms with Crippen molar-refractivity contribution < 1.29 is 5.11 Å². The predicted molar refractivity (Wildman–Crippen MR) is 230 cm³/mol. The van der Waals surface area contributed by atoms with Gasteiger partial charge in [-0.15, -0.1) is 0 Å². The van der Waals surface area contributed by atoms with Crippen molar-refractivity contribution in [1.82, 2.24) is 0 Å². The molecule has 0 rings (SSSR count). The van der Waals surface area contributed by atoms with Crippen LogP contribution in [0.15, 0.2) is 0 Å². The lowest BCUT2D eigenvalue weighted by Gasteiger charge is -2.15. The minimum absolute atomic E-state index is 0.392. The molecule has 1 atom stereocenters. The van der Waals surface area contributed by atoms with Gasteiger partial charge in [-0.1, -0.05) is 296 Å². The van der Waals surface area contributed by atoms with Gasteiger partial charge in [-0.05, 0) is 12.3 Å². The van der Waals surface area contributed by atoms with Crippen molar-refractivity contribution in [2.45, 2.75) is 303 Å². The fourth-order valence-corrected chi connectivity index (χ4v) is 8.35. The van der Waals surface area contributed by atoms with E-state index in [0.29, 0.717) is 6.61 Å². The van der Waals surface area contributed by atoms with Gasteiger partial charge in [-0.25, -0.2) is 0 Å². The summed E-state index contributed by atoms with van der Waals surface area (Å²) in [6, 6.07) is 0. The Bertz CT molecular complexity index is 557.